The van der Waals surface area contributed by atoms with Gasteiger partial charge in [0.25, 0.3) is 11.5 Å². The number of pyridine rings is 1. The van der Waals surface area contributed by atoms with Crippen LogP contribution >= 0.6 is 11.3 Å². The number of nitrogens with zero attached hydrogens (tertiary/aromatic N) is 1. The molecule has 1 fully saturated rings. The summed E-state index contributed by atoms with van der Waals surface area (Å²) < 4.78 is 2.54. The van der Waals surface area contributed by atoms with Gasteiger partial charge in [0.2, 0.25) is 0 Å². The predicted octanol–water partition coefficient (Wildman–Crippen LogP) is 2.65. The van der Waals surface area contributed by atoms with Crippen LogP contribution in [-0.2, 0) is 7.05 Å². The van der Waals surface area contributed by atoms with E-state index in [2.05, 4.69) is 5.32 Å². The van der Waals surface area contributed by atoms with Crippen molar-refractivity contribution >= 4 is 38.2 Å². The van der Waals surface area contributed by atoms with Gasteiger partial charge >= 0.3 is 0 Å². The topological polar surface area (TPSA) is 51.1 Å². The minimum absolute atomic E-state index is 0.0505. The van der Waals surface area contributed by atoms with Crippen LogP contribution in [0.5, 0.6) is 0 Å². The molecule has 2 aromatic heterocycles. The molecular formula is C16H14N2O2S. The number of amides is 1. The van der Waals surface area contributed by atoms with Crippen molar-refractivity contribution in [1.82, 2.24) is 9.88 Å². The highest BCUT2D eigenvalue weighted by Gasteiger charge is 2.25. The lowest BCUT2D eigenvalue weighted by Gasteiger charge is -2.05. The van der Waals surface area contributed by atoms with E-state index in [4.69, 9.17) is 0 Å². The van der Waals surface area contributed by atoms with Crippen LogP contribution in [0.3, 0.4) is 0 Å². The molecular weight excluding hydrogens is 284 g/mol. The second-order valence-electron chi connectivity index (χ2n) is 5.48. The van der Waals surface area contributed by atoms with E-state index in [9.17, 15) is 9.59 Å². The average Bonchev–Trinajstić information content (AvgIpc) is 3.19. The highest BCUT2D eigenvalue weighted by atomic mass is 32.1. The Kier molecular flexibility index (Phi) is 2.65. The minimum Gasteiger partial charge on any atom is -0.349 e. The molecule has 1 amide bonds. The Morgan fingerprint density at radius 3 is 2.81 bits per heavy atom. The van der Waals surface area contributed by atoms with Gasteiger partial charge in [-0.05, 0) is 25.0 Å². The lowest BCUT2D eigenvalue weighted by Crippen LogP contribution is -2.24. The Morgan fingerprint density at radius 2 is 2.05 bits per heavy atom. The maximum Gasteiger partial charge on any atom is 0.261 e. The zero-order chi connectivity index (χ0) is 14.6. The Morgan fingerprint density at radius 1 is 1.29 bits per heavy atom. The standard InChI is InChI=1S/C16H14N2O2S/c1-18-12-5-3-2-4-10(12)14-11(16(18)20)8-13(21-14)15(19)17-9-6-7-9/h2-5,8-9H,6-7H2,1H3,(H,17,19). The number of hydrogen-bond acceptors (Lipinski definition) is 3. The van der Waals surface area contributed by atoms with Crippen molar-refractivity contribution in [3.05, 3.63) is 45.6 Å². The van der Waals surface area contributed by atoms with Crippen molar-refractivity contribution in [1.29, 1.82) is 0 Å². The van der Waals surface area contributed by atoms with Crippen molar-refractivity contribution in [3.63, 3.8) is 0 Å². The third kappa shape index (κ3) is 1.96. The summed E-state index contributed by atoms with van der Waals surface area (Å²) >= 11 is 1.40. The molecule has 21 heavy (non-hydrogen) atoms. The molecule has 1 N–H and O–H groups in total. The second kappa shape index (κ2) is 4.43. The van der Waals surface area contributed by atoms with Crippen LogP contribution in [-0.4, -0.2) is 16.5 Å². The lowest BCUT2D eigenvalue weighted by molar-refractivity contribution is 0.0955. The number of carbonyl (C=O) groups is 1. The summed E-state index contributed by atoms with van der Waals surface area (Å²) in [7, 11) is 1.77. The zero-order valence-electron chi connectivity index (χ0n) is 11.6. The van der Waals surface area contributed by atoms with Gasteiger partial charge in [0.15, 0.2) is 0 Å². The van der Waals surface area contributed by atoms with Gasteiger partial charge in [-0.15, -0.1) is 11.3 Å². The molecule has 1 aliphatic rings. The van der Waals surface area contributed by atoms with Crippen molar-refractivity contribution in [2.75, 3.05) is 0 Å². The van der Waals surface area contributed by atoms with Crippen LogP contribution in [0.2, 0.25) is 0 Å². The minimum atomic E-state index is -0.0650. The Balaban J connectivity index is 1.97. The summed E-state index contributed by atoms with van der Waals surface area (Å²) in [5.41, 5.74) is 0.844. The van der Waals surface area contributed by atoms with Crippen LogP contribution in [0.25, 0.3) is 21.0 Å². The van der Waals surface area contributed by atoms with E-state index < -0.39 is 0 Å². The summed E-state index contributed by atoms with van der Waals surface area (Å²) in [6, 6.07) is 9.85. The molecule has 0 saturated heterocycles. The molecule has 0 bridgehead atoms. The molecule has 1 saturated carbocycles. The fourth-order valence-electron chi connectivity index (χ4n) is 2.59. The Labute approximate surface area is 125 Å². The first-order valence-electron chi connectivity index (χ1n) is 6.97. The largest absolute Gasteiger partial charge is 0.349 e. The number of nitrogens with one attached hydrogen (secondary N) is 1. The van der Waals surface area contributed by atoms with Crippen LogP contribution in [0, 0.1) is 0 Å². The molecule has 1 aliphatic carbocycles. The summed E-state index contributed by atoms with van der Waals surface area (Å²) in [6.45, 7) is 0. The molecule has 3 aromatic rings. The number of aromatic nitrogens is 1. The number of carbonyl (C=O) groups excluding carboxylic acids is 1. The third-order valence-corrected chi connectivity index (χ3v) is 5.08. The van der Waals surface area contributed by atoms with E-state index >= 15 is 0 Å². The van der Waals surface area contributed by atoms with E-state index in [-0.39, 0.29) is 11.5 Å². The molecule has 5 heteroatoms. The van der Waals surface area contributed by atoms with E-state index in [1.165, 1.54) is 11.3 Å². The quantitative estimate of drug-likeness (QED) is 0.790. The Bertz CT molecular complexity index is 934. The van der Waals surface area contributed by atoms with Gasteiger partial charge in [-0.2, -0.15) is 0 Å². The van der Waals surface area contributed by atoms with Crippen molar-refractivity contribution in [2.24, 2.45) is 7.05 Å². The highest BCUT2D eigenvalue weighted by Crippen LogP contribution is 2.30. The van der Waals surface area contributed by atoms with Gasteiger partial charge in [0.1, 0.15) is 0 Å². The predicted molar refractivity (Wildman–Crippen MR) is 85.1 cm³/mol. The van der Waals surface area contributed by atoms with Gasteiger partial charge in [-0.3, -0.25) is 9.59 Å². The molecule has 2 heterocycles. The van der Waals surface area contributed by atoms with E-state index in [1.54, 1.807) is 17.7 Å². The van der Waals surface area contributed by atoms with Crippen LogP contribution in [0.4, 0.5) is 0 Å². The molecule has 106 valence electrons. The molecule has 4 rings (SSSR count). The lowest BCUT2D eigenvalue weighted by atomic mass is 10.2. The first kappa shape index (κ1) is 12.6. The van der Waals surface area contributed by atoms with Crippen molar-refractivity contribution in [2.45, 2.75) is 18.9 Å². The fraction of sp³-hybridized carbons (Fsp3) is 0.250. The number of rotatable bonds is 2. The molecule has 0 aliphatic heterocycles. The van der Waals surface area contributed by atoms with E-state index in [1.807, 2.05) is 24.3 Å². The SMILES string of the molecule is Cn1c(=O)c2cc(C(=O)NC3CC3)sc2c2ccccc21. The van der Waals surface area contributed by atoms with Crippen LogP contribution < -0.4 is 10.9 Å². The number of fused-ring (bicyclic) bond motifs is 3. The average molecular weight is 298 g/mol. The van der Waals surface area contributed by atoms with Crippen LogP contribution in [0.15, 0.2) is 35.1 Å². The number of thiophene rings is 1. The molecule has 0 atom stereocenters. The molecule has 0 unspecified atom stereocenters. The zero-order valence-corrected chi connectivity index (χ0v) is 12.4. The van der Waals surface area contributed by atoms with Gasteiger partial charge in [-0.25, -0.2) is 0 Å². The summed E-state index contributed by atoms with van der Waals surface area (Å²) in [5, 5.41) is 4.62. The molecule has 0 spiro atoms. The normalized spacial score (nSPS) is 14.7. The molecule has 0 radical (unpaired) electrons. The summed E-state index contributed by atoms with van der Waals surface area (Å²) in [6.07, 6.45) is 2.11. The van der Waals surface area contributed by atoms with E-state index in [0.717, 1.165) is 28.4 Å². The van der Waals surface area contributed by atoms with Gasteiger partial charge in [0.05, 0.1) is 15.8 Å². The van der Waals surface area contributed by atoms with Gasteiger partial charge in [-0.1, -0.05) is 18.2 Å². The van der Waals surface area contributed by atoms with E-state index in [0.29, 0.717) is 16.3 Å². The highest BCUT2D eigenvalue weighted by molar-refractivity contribution is 7.21. The Hall–Kier alpha value is -2.14. The van der Waals surface area contributed by atoms with Crippen molar-refractivity contribution < 1.29 is 4.79 Å². The van der Waals surface area contributed by atoms with Crippen molar-refractivity contribution in [3.8, 4) is 0 Å². The van der Waals surface area contributed by atoms with Gasteiger partial charge < -0.3 is 9.88 Å². The second-order valence-corrected chi connectivity index (χ2v) is 6.53. The smallest absolute Gasteiger partial charge is 0.261 e. The molecule has 4 nitrogen and oxygen atoms in total. The number of para-hydroxylation sites is 1. The number of benzene rings is 1. The third-order valence-electron chi connectivity index (χ3n) is 3.91. The maximum atomic E-state index is 12.5. The summed E-state index contributed by atoms with van der Waals surface area (Å²) in [5.74, 6) is -0.0650. The van der Waals surface area contributed by atoms with Crippen LogP contribution in [0.1, 0.15) is 22.5 Å². The number of hydrogen-bond donors (Lipinski definition) is 1. The van der Waals surface area contributed by atoms with Gasteiger partial charge in [0, 0.05) is 23.2 Å². The first-order valence-corrected chi connectivity index (χ1v) is 7.79. The maximum absolute atomic E-state index is 12.5. The monoisotopic (exact) mass is 298 g/mol. The summed E-state index contributed by atoms with van der Waals surface area (Å²) in [4.78, 5) is 25.3. The number of aryl methyl sites for hydroxylation is 1. The fourth-order valence-corrected chi connectivity index (χ4v) is 3.68. The molecule has 1 aromatic carbocycles. The first-order chi connectivity index (χ1) is 10.1.